The van der Waals surface area contributed by atoms with Crippen LogP contribution in [0.2, 0.25) is 0 Å². The molecule has 0 aromatic heterocycles. The summed E-state index contributed by atoms with van der Waals surface area (Å²) in [6.45, 7) is 3.35. The summed E-state index contributed by atoms with van der Waals surface area (Å²) in [5.41, 5.74) is 5.32. The smallest absolute Gasteiger partial charge is 0.320 e. The number of hydrogen-bond acceptors (Lipinski definition) is 3. The van der Waals surface area contributed by atoms with Crippen molar-refractivity contribution >= 4 is 5.97 Å². The van der Waals surface area contributed by atoms with Gasteiger partial charge in [0.1, 0.15) is 6.04 Å². The van der Waals surface area contributed by atoms with E-state index in [1.54, 1.807) is 0 Å². The maximum atomic E-state index is 10.4. The normalized spacial score (nSPS) is 12.7. The number of carboxylic acid groups (broad SMARTS) is 1. The van der Waals surface area contributed by atoms with E-state index in [0.717, 1.165) is 13.0 Å². The van der Waals surface area contributed by atoms with Gasteiger partial charge in [-0.15, -0.1) is 0 Å². The Balaban J connectivity index is 3.08. The van der Waals surface area contributed by atoms with Gasteiger partial charge in [0.05, 0.1) is 0 Å². The van der Waals surface area contributed by atoms with Gasteiger partial charge in [-0.3, -0.25) is 4.79 Å². The molecule has 15 heavy (non-hydrogen) atoms. The zero-order chi connectivity index (χ0) is 11.5. The van der Waals surface area contributed by atoms with E-state index in [0.29, 0.717) is 13.0 Å². The molecule has 0 spiro atoms. The number of unbranched alkanes of at least 4 members (excludes halogenated alkanes) is 4. The largest absolute Gasteiger partial charge is 0.480 e. The van der Waals surface area contributed by atoms with E-state index in [2.05, 4.69) is 6.92 Å². The van der Waals surface area contributed by atoms with Crippen LogP contribution >= 0.6 is 0 Å². The van der Waals surface area contributed by atoms with Crippen LogP contribution in [0.3, 0.4) is 0 Å². The second kappa shape index (κ2) is 9.93. The molecular weight excluding hydrogens is 194 g/mol. The molecule has 0 bridgehead atoms. The topological polar surface area (TPSA) is 72.5 Å². The number of hydrogen-bond donors (Lipinski definition) is 2. The van der Waals surface area contributed by atoms with Gasteiger partial charge in [-0.1, -0.05) is 32.6 Å². The van der Waals surface area contributed by atoms with Crippen molar-refractivity contribution in [3.8, 4) is 0 Å². The van der Waals surface area contributed by atoms with Crippen LogP contribution < -0.4 is 5.73 Å². The fourth-order valence-electron chi connectivity index (χ4n) is 1.24. The van der Waals surface area contributed by atoms with Crippen molar-refractivity contribution in [2.24, 2.45) is 5.73 Å². The van der Waals surface area contributed by atoms with Crippen LogP contribution in [0.4, 0.5) is 0 Å². The molecule has 0 rings (SSSR count). The Labute approximate surface area is 91.8 Å². The molecule has 4 nitrogen and oxygen atoms in total. The third-order valence-corrected chi connectivity index (χ3v) is 2.28. The van der Waals surface area contributed by atoms with Gasteiger partial charge in [0, 0.05) is 13.2 Å². The van der Waals surface area contributed by atoms with E-state index in [1.807, 2.05) is 0 Å². The van der Waals surface area contributed by atoms with Crippen LogP contribution in [-0.4, -0.2) is 30.3 Å². The molecule has 90 valence electrons. The SMILES string of the molecule is CCCCCCCOCCC(N)C(=O)O. The van der Waals surface area contributed by atoms with Crippen molar-refractivity contribution in [3.63, 3.8) is 0 Å². The number of carboxylic acids is 1. The summed E-state index contributed by atoms with van der Waals surface area (Å²) in [5.74, 6) is -0.957. The molecule has 0 aliphatic heterocycles. The molecule has 3 N–H and O–H groups in total. The summed E-state index contributed by atoms with van der Waals surface area (Å²) >= 11 is 0. The van der Waals surface area contributed by atoms with Gasteiger partial charge in [-0.05, 0) is 12.8 Å². The van der Waals surface area contributed by atoms with Crippen LogP contribution in [0, 0.1) is 0 Å². The molecule has 0 fully saturated rings. The number of carbonyl (C=O) groups is 1. The fourth-order valence-corrected chi connectivity index (χ4v) is 1.24. The van der Waals surface area contributed by atoms with E-state index in [-0.39, 0.29) is 0 Å². The number of nitrogens with two attached hydrogens (primary N) is 1. The second-order valence-electron chi connectivity index (χ2n) is 3.76. The van der Waals surface area contributed by atoms with Crippen molar-refractivity contribution in [1.29, 1.82) is 0 Å². The number of aliphatic carboxylic acids is 1. The molecular formula is C11H23NO3. The minimum absolute atomic E-state index is 0.393. The van der Waals surface area contributed by atoms with Crippen LogP contribution in [0.25, 0.3) is 0 Å². The van der Waals surface area contributed by atoms with Crippen molar-refractivity contribution < 1.29 is 14.6 Å². The first-order chi connectivity index (χ1) is 7.18. The third-order valence-electron chi connectivity index (χ3n) is 2.28. The molecule has 0 saturated heterocycles. The van der Waals surface area contributed by atoms with Gasteiger partial charge in [0.15, 0.2) is 0 Å². The number of rotatable bonds is 10. The highest BCUT2D eigenvalue weighted by Crippen LogP contribution is 2.02. The van der Waals surface area contributed by atoms with Gasteiger partial charge >= 0.3 is 5.97 Å². The molecule has 0 heterocycles. The van der Waals surface area contributed by atoms with Gasteiger partial charge in [-0.25, -0.2) is 0 Å². The standard InChI is InChI=1S/C11H23NO3/c1-2-3-4-5-6-8-15-9-7-10(12)11(13)14/h10H,2-9,12H2,1H3,(H,13,14). The molecule has 0 amide bonds. The Morgan fingerprint density at radius 2 is 1.93 bits per heavy atom. The van der Waals surface area contributed by atoms with E-state index < -0.39 is 12.0 Å². The summed E-state index contributed by atoms with van der Waals surface area (Å²) in [5, 5.41) is 8.50. The van der Waals surface area contributed by atoms with Crippen LogP contribution in [0.1, 0.15) is 45.4 Å². The Kier molecular flexibility index (Phi) is 9.52. The molecule has 4 heteroatoms. The molecule has 1 atom stereocenters. The first-order valence-electron chi connectivity index (χ1n) is 5.74. The van der Waals surface area contributed by atoms with E-state index in [9.17, 15) is 4.79 Å². The summed E-state index contributed by atoms with van der Waals surface area (Å²) in [6, 6.07) is -0.787. The maximum Gasteiger partial charge on any atom is 0.320 e. The van der Waals surface area contributed by atoms with E-state index >= 15 is 0 Å². The van der Waals surface area contributed by atoms with Crippen LogP contribution in [-0.2, 0) is 9.53 Å². The van der Waals surface area contributed by atoms with Crippen molar-refractivity contribution in [1.82, 2.24) is 0 Å². The molecule has 0 saturated carbocycles. The molecule has 0 radical (unpaired) electrons. The third kappa shape index (κ3) is 9.69. The lowest BCUT2D eigenvalue weighted by atomic mass is 10.2. The molecule has 0 aromatic rings. The Hall–Kier alpha value is -0.610. The fraction of sp³-hybridized carbons (Fsp3) is 0.909. The Bertz CT molecular complexity index is 162. The van der Waals surface area contributed by atoms with Gasteiger partial charge in [0.2, 0.25) is 0 Å². The minimum atomic E-state index is -0.957. The van der Waals surface area contributed by atoms with Gasteiger partial charge in [-0.2, -0.15) is 0 Å². The Morgan fingerprint density at radius 1 is 1.27 bits per heavy atom. The summed E-state index contributed by atoms with van der Waals surface area (Å²) in [4.78, 5) is 10.4. The second-order valence-corrected chi connectivity index (χ2v) is 3.76. The molecule has 0 aliphatic rings. The van der Waals surface area contributed by atoms with E-state index in [1.165, 1.54) is 25.7 Å². The molecule has 1 unspecified atom stereocenters. The lowest BCUT2D eigenvalue weighted by molar-refractivity contribution is -0.139. The van der Waals surface area contributed by atoms with Crippen LogP contribution in [0.15, 0.2) is 0 Å². The predicted molar refractivity (Wildman–Crippen MR) is 59.8 cm³/mol. The molecule has 0 aromatic carbocycles. The average molecular weight is 217 g/mol. The highest BCUT2D eigenvalue weighted by atomic mass is 16.5. The van der Waals surface area contributed by atoms with Gasteiger partial charge in [0.25, 0.3) is 0 Å². The highest BCUT2D eigenvalue weighted by molar-refractivity contribution is 5.72. The van der Waals surface area contributed by atoms with Crippen molar-refractivity contribution in [2.75, 3.05) is 13.2 Å². The Morgan fingerprint density at radius 3 is 2.53 bits per heavy atom. The number of ether oxygens (including phenoxy) is 1. The average Bonchev–Trinajstić information content (AvgIpc) is 2.21. The predicted octanol–water partition coefficient (Wildman–Crippen LogP) is 1.78. The highest BCUT2D eigenvalue weighted by Gasteiger charge is 2.09. The zero-order valence-electron chi connectivity index (χ0n) is 9.58. The first kappa shape index (κ1) is 14.4. The lowest BCUT2D eigenvalue weighted by Gasteiger charge is -2.07. The first-order valence-corrected chi connectivity index (χ1v) is 5.74. The van der Waals surface area contributed by atoms with E-state index in [4.69, 9.17) is 15.6 Å². The zero-order valence-corrected chi connectivity index (χ0v) is 9.58. The maximum absolute atomic E-state index is 10.4. The van der Waals surface area contributed by atoms with Crippen LogP contribution in [0.5, 0.6) is 0 Å². The summed E-state index contributed by atoms with van der Waals surface area (Å²) in [6.07, 6.45) is 6.43. The summed E-state index contributed by atoms with van der Waals surface area (Å²) in [7, 11) is 0. The quantitative estimate of drug-likeness (QED) is 0.547. The van der Waals surface area contributed by atoms with Crippen molar-refractivity contribution in [2.45, 2.75) is 51.5 Å². The monoisotopic (exact) mass is 217 g/mol. The van der Waals surface area contributed by atoms with Gasteiger partial charge < -0.3 is 15.6 Å². The molecule has 0 aliphatic carbocycles. The minimum Gasteiger partial charge on any atom is -0.480 e. The van der Waals surface area contributed by atoms with Crippen molar-refractivity contribution in [3.05, 3.63) is 0 Å². The lowest BCUT2D eigenvalue weighted by Crippen LogP contribution is -2.31. The summed E-state index contributed by atoms with van der Waals surface area (Å²) < 4.78 is 5.29.